The lowest BCUT2D eigenvalue weighted by atomic mass is 10.1. The molecular formula is C24H23N3O2S. The highest BCUT2D eigenvalue weighted by Crippen LogP contribution is 2.28. The van der Waals surface area contributed by atoms with E-state index in [9.17, 15) is 4.79 Å². The first-order valence-corrected chi connectivity index (χ1v) is 10.6. The molecule has 4 aromatic rings. The van der Waals surface area contributed by atoms with Crippen molar-refractivity contribution in [2.45, 2.75) is 6.04 Å². The molecule has 6 heteroatoms. The van der Waals surface area contributed by atoms with Crippen LogP contribution in [0.15, 0.2) is 82.0 Å². The lowest BCUT2D eigenvalue weighted by Gasteiger charge is -2.24. The second-order valence-electron chi connectivity index (χ2n) is 7.19. The van der Waals surface area contributed by atoms with Crippen molar-refractivity contribution in [2.24, 2.45) is 0 Å². The van der Waals surface area contributed by atoms with E-state index in [1.165, 1.54) is 5.56 Å². The maximum atomic E-state index is 13.0. The van der Waals surface area contributed by atoms with Crippen LogP contribution in [0.5, 0.6) is 0 Å². The van der Waals surface area contributed by atoms with Gasteiger partial charge in [0.1, 0.15) is 0 Å². The van der Waals surface area contributed by atoms with Gasteiger partial charge in [0.15, 0.2) is 5.76 Å². The molecular weight excluding hydrogens is 394 g/mol. The normalized spacial score (nSPS) is 12.1. The minimum atomic E-state index is -0.146. The highest BCUT2D eigenvalue weighted by molar-refractivity contribution is 7.08. The van der Waals surface area contributed by atoms with Crippen LogP contribution < -0.4 is 5.32 Å². The number of thiophene rings is 1. The van der Waals surface area contributed by atoms with Gasteiger partial charge < -0.3 is 14.6 Å². The Morgan fingerprint density at radius 2 is 1.87 bits per heavy atom. The fraction of sp³-hybridized carbons (Fsp3) is 0.167. The summed E-state index contributed by atoms with van der Waals surface area (Å²) < 4.78 is 5.97. The van der Waals surface area contributed by atoms with Crippen LogP contribution in [0.3, 0.4) is 0 Å². The zero-order valence-electron chi connectivity index (χ0n) is 16.9. The number of carbonyl (C=O) groups is 1. The van der Waals surface area contributed by atoms with Crippen molar-refractivity contribution in [3.8, 4) is 22.8 Å². The summed E-state index contributed by atoms with van der Waals surface area (Å²) in [5.74, 6) is 0.958. The molecule has 0 aliphatic heterocycles. The number of benzene rings is 2. The Bertz CT molecular complexity index is 1100. The standard InChI is InChI=1S/C24H23N3O2S/c1-27(2)21(18-12-13-30-16-18)14-25-23(28)19-10-6-7-11-20(19)24-26-15-22(29-24)17-8-4-3-5-9-17/h3-13,15-16,21H,14H2,1-2H3,(H,25,28)/t21-/m1/s1. The molecule has 0 unspecified atom stereocenters. The predicted molar refractivity (Wildman–Crippen MR) is 120 cm³/mol. The number of amides is 1. The molecule has 0 aliphatic carbocycles. The quantitative estimate of drug-likeness (QED) is 0.454. The lowest BCUT2D eigenvalue weighted by molar-refractivity contribution is 0.0942. The van der Waals surface area contributed by atoms with Crippen molar-refractivity contribution in [1.29, 1.82) is 0 Å². The summed E-state index contributed by atoms with van der Waals surface area (Å²) in [6.45, 7) is 0.512. The summed E-state index contributed by atoms with van der Waals surface area (Å²) in [5.41, 5.74) is 3.36. The van der Waals surface area contributed by atoms with Crippen molar-refractivity contribution in [3.63, 3.8) is 0 Å². The maximum Gasteiger partial charge on any atom is 0.252 e. The minimum Gasteiger partial charge on any atom is -0.436 e. The van der Waals surface area contributed by atoms with Crippen LogP contribution in [-0.2, 0) is 0 Å². The number of aromatic nitrogens is 1. The SMILES string of the molecule is CN(C)[C@H](CNC(=O)c1ccccc1-c1ncc(-c2ccccc2)o1)c1ccsc1. The first-order chi connectivity index (χ1) is 14.6. The third-order valence-electron chi connectivity index (χ3n) is 4.97. The van der Waals surface area contributed by atoms with E-state index in [4.69, 9.17) is 4.42 Å². The molecule has 0 saturated heterocycles. The first-order valence-electron chi connectivity index (χ1n) is 9.71. The number of rotatable bonds is 7. The van der Waals surface area contributed by atoms with Gasteiger partial charge in [-0.2, -0.15) is 11.3 Å². The predicted octanol–water partition coefficient (Wildman–Crippen LogP) is 5.10. The average Bonchev–Trinajstić information content (AvgIpc) is 3.47. The Hall–Kier alpha value is -3.22. The minimum absolute atomic E-state index is 0.110. The second kappa shape index (κ2) is 9.07. The molecule has 2 aromatic heterocycles. The molecule has 2 aromatic carbocycles. The zero-order chi connectivity index (χ0) is 20.9. The van der Waals surface area contributed by atoms with Crippen LogP contribution in [-0.4, -0.2) is 36.4 Å². The Morgan fingerprint density at radius 1 is 1.10 bits per heavy atom. The van der Waals surface area contributed by atoms with Crippen LogP contribution >= 0.6 is 11.3 Å². The third kappa shape index (κ3) is 4.35. The van der Waals surface area contributed by atoms with E-state index in [1.54, 1.807) is 23.6 Å². The van der Waals surface area contributed by atoms with E-state index >= 15 is 0 Å². The van der Waals surface area contributed by atoms with Crippen molar-refractivity contribution in [1.82, 2.24) is 15.2 Å². The van der Waals surface area contributed by atoms with Crippen LogP contribution in [0, 0.1) is 0 Å². The number of carbonyl (C=O) groups excluding carboxylic acids is 1. The fourth-order valence-electron chi connectivity index (χ4n) is 3.35. The Kier molecular flexibility index (Phi) is 6.07. The van der Waals surface area contributed by atoms with E-state index < -0.39 is 0 Å². The molecule has 152 valence electrons. The van der Waals surface area contributed by atoms with Crippen molar-refractivity contribution in [2.75, 3.05) is 20.6 Å². The van der Waals surface area contributed by atoms with Crippen molar-refractivity contribution >= 4 is 17.2 Å². The monoisotopic (exact) mass is 417 g/mol. The van der Waals surface area contributed by atoms with E-state index in [2.05, 4.69) is 32.0 Å². The summed E-state index contributed by atoms with van der Waals surface area (Å²) in [5, 5.41) is 7.24. The summed E-state index contributed by atoms with van der Waals surface area (Å²) >= 11 is 1.66. The van der Waals surface area contributed by atoms with E-state index in [0.29, 0.717) is 29.3 Å². The van der Waals surface area contributed by atoms with E-state index in [-0.39, 0.29) is 11.9 Å². The van der Waals surface area contributed by atoms with Gasteiger partial charge in [-0.1, -0.05) is 42.5 Å². The van der Waals surface area contributed by atoms with E-state index in [1.807, 2.05) is 62.6 Å². The van der Waals surface area contributed by atoms with Crippen molar-refractivity contribution < 1.29 is 9.21 Å². The van der Waals surface area contributed by atoms with Gasteiger partial charge in [-0.05, 0) is 48.6 Å². The van der Waals surface area contributed by atoms with Crippen LogP contribution in [0.2, 0.25) is 0 Å². The summed E-state index contributed by atoms with van der Waals surface area (Å²) in [7, 11) is 4.03. The maximum absolute atomic E-state index is 13.0. The lowest BCUT2D eigenvalue weighted by Crippen LogP contribution is -2.34. The highest BCUT2D eigenvalue weighted by Gasteiger charge is 2.20. The summed E-state index contributed by atoms with van der Waals surface area (Å²) in [6.07, 6.45) is 1.69. The van der Waals surface area contributed by atoms with Crippen molar-refractivity contribution in [3.05, 3.63) is 88.7 Å². The largest absolute Gasteiger partial charge is 0.436 e. The van der Waals surface area contributed by atoms with Gasteiger partial charge in [0.25, 0.3) is 5.91 Å². The van der Waals surface area contributed by atoms with Crippen LogP contribution in [0.25, 0.3) is 22.8 Å². The van der Waals surface area contributed by atoms with Gasteiger partial charge in [0.05, 0.1) is 17.8 Å². The number of oxazole rings is 1. The van der Waals surface area contributed by atoms with Gasteiger partial charge in [-0.25, -0.2) is 4.98 Å². The molecule has 0 bridgehead atoms. The molecule has 5 nitrogen and oxygen atoms in total. The Morgan fingerprint density at radius 3 is 2.60 bits per heavy atom. The van der Waals surface area contributed by atoms with Gasteiger partial charge in [0.2, 0.25) is 5.89 Å². The topological polar surface area (TPSA) is 58.4 Å². The molecule has 1 N–H and O–H groups in total. The molecule has 0 radical (unpaired) electrons. The number of hydrogen-bond donors (Lipinski definition) is 1. The highest BCUT2D eigenvalue weighted by atomic mass is 32.1. The smallest absolute Gasteiger partial charge is 0.252 e. The average molecular weight is 418 g/mol. The molecule has 4 rings (SSSR count). The summed E-state index contributed by atoms with van der Waals surface area (Å²) in [6, 6.07) is 19.4. The van der Waals surface area contributed by atoms with Crippen LogP contribution in [0.1, 0.15) is 22.0 Å². The van der Waals surface area contributed by atoms with Gasteiger partial charge in [-0.3, -0.25) is 4.79 Å². The molecule has 0 saturated carbocycles. The molecule has 0 fully saturated rings. The van der Waals surface area contributed by atoms with Gasteiger partial charge in [0, 0.05) is 17.7 Å². The fourth-order valence-corrected chi connectivity index (χ4v) is 4.06. The summed E-state index contributed by atoms with van der Waals surface area (Å²) in [4.78, 5) is 19.5. The van der Waals surface area contributed by atoms with E-state index in [0.717, 1.165) is 5.56 Å². The number of nitrogens with zero attached hydrogens (tertiary/aromatic N) is 2. The molecule has 0 spiro atoms. The molecule has 30 heavy (non-hydrogen) atoms. The molecule has 0 aliphatic rings. The Labute approximate surface area is 180 Å². The first kappa shape index (κ1) is 20.1. The number of hydrogen-bond acceptors (Lipinski definition) is 5. The second-order valence-corrected chi connectivity index (χ2v) is 7.97. The number of nitrogens with one attached hydrogen (secondary N) is 1. The number of likely N-dealkylation sites (N-methyl/N-ethyl adjacent to an activating group) is 1. The molecule has 1 atom stereocenters. The third-order valence-corrected chi connectivity index (χ3v) is 5.67. The van der Waals surface area contributed by atoms with Gasteiger partial charge >= 0.3 is 0 Å². The van der Waals surface area contributed by atoms with Crippen LogP contribution in [0.4, 0.5) is 0 Å². The van der Waals surface area contributed by atoms with Gasteiger partial charge in [-0.15, -0.1) is 0 Å². The zero-order valence-corrected chi connectivity index (χ0v) is 17.7. The molecule has 2 heterocycles. The Balaban J connectivity index is 1.55. The molecule has 1 amide bonds.